The lowest BCUT2D eigenvalue weighted by atomic mass is 9.85. The molecule has 0 amide bonds. The van der Waals surface area contributed by atoms with Crippen LogP contribution in [-0.2, 0) is 33.7 Å². The van der Waals surface area contributed by atoms with Crippen LogP contribution in [0.1, 0.15) is 71.3 Å². The Morgan fingerprint density at radius 2 is 2.04 bits per heavy atom. The van der Waals surface area contributed by atoms with E-state index in [-0.39, 0.29) is 12.6 Å². The van der Waals surface area contributed by atoms with Gasteiger partial charge in [0, 0.05) is 24.8 Å². The van der Waals surface area contributed by atoms with Crippen molar-refractivity contribution >= 4 is 11.9 Å². The van der Waals surface area contributed by atoms with Gasteiger partial charge in [-0.3, -0.25) is 4.79 Å². The number of carbonyl (C=O) groups is 2. The minimum atomic E-state index is -0.437. The van der Waals surface area contributed by atoms with Crippen molar-refractivity contribution in [1.82, 2.24) is 0 Å². The minimum absolute atomic E-state index is 0.206. The standard InChI is InChI=1S/C23H25NO4/c1-5-6-7-8-17-16(3)20-14-28-23(26)22(20)19(13-24)18(17)11-9-15(2)10-12-21(25)27-4/h9H,5,8,10-12,14H2,1-4H3/b15-9+. The summed E-state index contributed by atoms with van der Waals surface area (Å²) in [5, 5.41) is 9.78. The fraction of sp³-hybridized carbons (Fsp3) is 0.435. The summed E-state index contributed by atoms with van der Waals surface area (Å²) < 4.78 is 9.87. The zero-order valence-corrected chi connectivity index (χ0v) is 16.9. The summed E-state index contributed by atoms with van der Waals surface area (Å²) in [6.45, 7) is 6.10. The summed E-state index contributed by atoms with van der Waals surface area (Å²) in [7, 11) is 1.37. The summed E-state index contributed by atoms with van der Waals surface area (Å²) in [4.78, 5) is 23.5. The van der Waals surface area contributed by atoms with E-state index in [0.717, 1.165) is 34.2 Å². The first kappa shape index (κ1) is 21.3. The molecule has 0 unspecified atom stereocenters. The fourth-order valence-corrected chi connectivity index (χ4v) is 3.31. The monoisotopic (exact) mass is 379 g/mol. The van der Waals surface area contributed by atoms with Crippen molar-refractivity contribution < 1.29 is 19.1 Å². The second kappa shape index (κ2) is 9.76. The van der Waals surface area contributed by atoms with E-state index in [1.54, 1.807) is 0 Å². The second-order valence-electron chi connectivity index (χ2n) is 6.71. The van der Waals surface area contributed by atoms with Crippen LogP contribution >= 0.6 is 0 Å². The Labute approximate surface area is 166 Å². The molecule has 2 rings (SSSR count). The number of benzene rings is 1. The van der Waals surface area contributed by atoms with Gasteiger partial charge in [0.25, 0.3) is 0 Å². The molecule has 0 aliphatic carbocycles. The van der Waals surface area contributed by atoms with Gasteiger partial charge in [-0.25, -0.2) is 4.79 Å². The van der Waals surface area contributed by atoms with Crippen molar-refractivity contribution in [2.75, 3.05) is 7.11 Å². The SMILES string of the molecule is CCC#CCc1c(C)c2c(c(C#N)c1C/C=C(\C)CCC(=O)OC)C(=O)OC2. The van der Waals surface area contributed by atoms with Gasteiger partial charge in [0.15, 0.2) is 0 Å². The van der Waals surface area contributed by atoms with Crippen LogP contribution in [0, 0.1) is 30.1 Å². The van der Waals surface area contributed by atoms with Gasteiger partial charge < -0.3 is 9.47 Å². The first-order valence-corrected chi connectivity index (χ1v) is 9.37. The van der Waals surface area contributed by atoms with Crippen LogP contribution < -0.4 is 0 Å². The van der Waals surface area contributed by atoms with Gasteiger partial charge in [-0.05, 0) is 43.4 Å². The van der Waals surface area contributed by atoms with Crippen LogP contribution in [0.3, 0.4) is 0 Å². The van der Waals surface area contributed by atoms with Gasteiger partial charge >= 0.3 is 11.9 Å². The van der Waals surface area contributed by atoms with Crippen LogP contribution in [0.15, 0.2) is 11.6 Å². The summed E-state index contributed by atoms with van der Waals surface area (Å²) in [6.07, 6.45) is 4.70. The molecule has 1 aromatic rings. The quantitative estimate of drug-likeness (QED) is 0.425. The molecule has 5 nitrogen and oxygen atoms in total. The number of allylic oxidation sites excluding steroid dienone is 2. The number of nitriles is 1. The summed E-state index contributed by atoms with van der Waals surface area (Å²) in [5.74, 6) is 5.54. The number of ether oxygens (including phenoxy) is 2. The minimum Gasteiger partial charge on any atom is -0.469 e. The highest BCUT2D eigenvalue weighted by Gasteiger charge is 2.31. The van der Waals surface area contributed by atoms with E-state index in [1.807, 2.05) is 26.8 Å². The zero-order chi connectivity index (χ0) is 20.7. The third kappa shape index (κ3) is 4.61. The largest absolute Gasteiger partial charge is 0.469 e. The van der Waals surface area contributed by atoms with E-state index in [2.05, 4.69) is 22.6 Å². The van der Waals surface area contributed by atoms with E-state index < -0.39 is 5.97 Å². The number of esters is 2. The molecular formula is C23H25NO4. The van der Waals surface area contributed by atoms with Crippen LogP contribution in [0.4, 0.5) is 0 Å². The Morgan fingerprint density at radius 3 is 2.68 bits per heavy atom. The molecule has 1 aliphatic heterocycles. The average Bonchev–Trinajstić information content (AvgIpc) is 3.08. The molecule has 0 radical (unpaired) electrons. The molecular weight excluding hydrogens is 354 g/mol. The van der Waals surface area contributed by atoms with E-state index in [1.165, 1.54) is 7.11 Å². The van der Waals surface area contributed by atoms with E-state index >= 15 is 0 Å². The highest BCUT2D eigenvalue weighted by Crippen LogP contribution is 2.33. The van der Waals surface area contributed by atoms with Crippen molar-refractivity contribution in [3.63, 3.8) is 0 Å². The molecule has 28 heavy (non-hydrogen) atoms. The summed E-state index contributed by atoms with van der Waals surface area (Å²) in [5.41, 5.74) is 5.38. The molecule has 0 spiro atoms. The fourth-order valence-electron chi connectivity index (χ4n) is 3.31. The Hall–Kier alpha value is -3.05. The van der Waals surface area contributed by atoms with Crippen molar-refractivity contribution in [2.45, 2.75) is 59.5 Å². The molecule has 0 bridgehead atoms. The summed E-state index contributed by atoms with van der Waals surface area (Å²) in [6, 6.07) is 2.22. The molecule has 0 fully saturated rings. The van der Waals surface area contributed by atoms with Crippen molar-refractivity contribution in [1.29, 1.82) is 5.26 Å². The normalized spacial score (nSPS) is 12.5. The Kier molecular flexibility index (Phi) is 7.41. The smallest absolute Gasteiger partial charge is 0.340 e. The number of rotatable bonds is 6. The highest BCUT2D eigenvalue weighted by molar-refractivity contribution is 5.97. The van der Waals surface area contributed by atoms with Gasteiger partial charge in [0.2, 0.25) is 0 Å². The lowest BCUT2D eigenvalue weighted by molar-refractivity contribution is -0.140. The molecule has 5 heteroatoms. The van der Waals surface area contributed by atoms with Gasteiger partial charge in [0.1, 0.15) is 12.7 Å². The van der Waals surface area contributed by atoms with Crippen molar-refractivity contribution in [3.8, 4) is 17.9 Å². The Bertz CT molecular complexity index is 923. The maximum absolute atomic E-state index is 12.2. The number of hydrogen-bond acceptors (Lipinski definition) is 5. The van der Waals surface area contributed by atoms with E-state index in [4.69, 9.17) is 4.74 Å². The van der Waals surface area contributed by atoms with Crippen molar-refractivity contribution in [3.05, 3.63) is 45.0 Å². The molecule has 0 N–H and O–H groups in total. The second-order valence-corrected chi connectivity index (χ2v) is 6.71. The third-order valence-electron chi connectivity index (χ3n) is 4.96. The summed E-state index contributed by atoms with van der Waals surface area (Å²) >= 11 is 0. The van der Waals surface area contributed by atoms with Gasteiger partial charge in [0.05, 0.1) is 18.2 Å². The van der Waals surface area contributed by atoms with Gasteiger partial charge in [-0.1, -0.05) is 24.5 Å². The van der Waals surface area contributed by atoms with Crippen LogP contribution in [-0.4, -0.2) is 19.0 Å². The molecule has 0 saturated heterocycles. The molecule has 146 valence electrons. The van der Waals surface area contributed by atoms with Crippen molar-refractivity contribution in [2.24, 2.45) is 0 Å². The third-order valence-corrected chi connectivity index (χ3v) is 4.96. The van der Waals surface area contributed by atoms with E-state index in [9.17, 15) is 14.9 Å². The molecule has 1 aliphatic rings. The number of cyclic esters (lactones) is 1. The predicted molar refractivity (Wildman–Crippen MR) is 105 cm³/mol. The lowest BCUT2D eigenvalue weighted by Crippen LogP contribution is -2.09. The number of carbonyl (C=O) groups excluding carboxylic acids is 2. The van der Waals surface area contributed by atoms with Crippen LogP contribution in [0.25, 0.3) is 0 Å². The maximum atomic E-state index is 12.2. The zero-order valence-electron chi connectivity index (χ0n) is 16.9. The number of nitrogens with zero attached hydrogens (tertiary/aromatic N) is 1. The number of hydrogen-bond donors (Lipinski definition) is 0. The van der Waals surface area contributed by atoms with Crippen LogP contribution in [0.5, 0.6) is 0 Å². The first-order valence-electron chi connectivity index (χ1n) is 9.37. The predicted octanol–water partition coefficient (Wildman–Crippen LogP) is 3.94. The first-order chi connectivity index (χ1) is 13.4. The van der Waals surface area contributed by atoms with Gasteiger partial charge in [-0.2, -0.15) is 5.26 Å². The molecule has 1 aromatic carbocycles. The van der Waals surface area contributed by atoms with Crippen LogP contribution in [0.2, 0.25) is 0 Å². The lowest BCUT2D eigenvalue weighted by Gasteiger charge is -2.15. The molecule has 0 aromatic heterocycles. The molecule has 0 saturated carbocycles. The molecule has 1 heterocycles. The molecule has 0 atom stereocenters. The van der Waals surface area contributed by atoms with Gasteiger partial charge in [-0.15, -0.1) is 5.92 Å². The number of fused-ring (bicyclic) bond motifs is 1. The number of methoxy groups -OCH3 is 1. The van der Waals surface area contributed by atoms with E-state index in [0.29, 0.717) is 36.8 Å². The topological polar surface area (TPSA) is 76.4 Å². The Morgan fingerprint density at radius 1 is 1.29 bits per heavy atom. The Balaban J connectivity index is 2.47. The highest BCUT2D eigenvalue weighted by atomic mass is 16.5. The maximum Gasteiger partial charge on any atom is 0.340 e. The average molecular weight is 379 g/mol.